The Morgan fingerprint density at radius 2 is 2.33 bits per heavy atom. The number of hydrogen-bond acceptors (Lipinski definition) is 1. The van der Waals surface area contributed by atoms with Crippen molar-refractivity contribution in [2.75, 3.05) is 0 Å². The molecular formula is C11H13O. The van der Waals surface area contributed by atoms with Gasteiger partial charge >= 0.3 is 0 Å². The zero-order chi connectivity index (χ0) is 8.39. The molecule has 0 unspecified atom stereocenters. The lowest BCUT2D eigenvalue weighted by Gasteiger charge is -2.04. The minimum atomic E-state index is 0.480. The van der Waals surface area contributed by atoms with E-state index in [1.165, 1.54) is 18.4 Å². The van der Waals surface area contributed by atoms with Gasteiger partial charge in [0.25, 0.3) is 0 Å². The molecule has 0 aliphatic heterocycles. The van der Waals surface area contributed by atoms with Crippen molar-refractivity contribution in [1.82, 2.24) is 0 Å². The van der Waals surface area contributed by atoms with Gasteiger partial charge in [-0.15, -0.1) is 0 Å². The van der Waals surface area contributed by atoms with Crippen LogP contribution >= 0.6 is 0 Å². The molecule has 0 aromatic heterocycles. The monoisotopic (exact) mass is 161 g/mol. The molecule has 1 fully saturated rings. The Morgan fingerprint density at radius 1 is 1.50 bits per heavy atom. The van der Waals surface area contributed by atoms with Crippen molar-refractivity contribution in [3.63, 3.8) is 0 Å². The van der Waals surface area contributed by atoms with Crippen LogP contribution in [-0.2, 0) is 6.42 Å². The summed E-state index contributed by atoms with van der Waals surface area (Å²) in [6.45, 7) is 2.13. The summed E-state index contributed by atoms with van der Waals surface area (Å²) in [6.07, 6.45) is 3.93. The Hall–Kier alpha value is -0.980. The largest absolute Gasteiger partial charge is 0.490 e. The molecule has 2 rings (SSSR count). The highest BCUT2D eigenvalue weighted by atomic mass is 16.5. The average Bonchev–Trinajstić information content (AvgIpc) is 2.89. The fraction of sp³-hybridized carbons (Fsp3) is 0.455. The highest BCUT2D eigenvalue weighted by Crippen LogP contribution is 2.26. The van der Waals surface area contributed by atoms with Gasteiger partial charge in [0.1, 0.15) is 5.75 Å². The number of aryl methyl sites for hydroxylation is 1. The van der Waals surface area contributed by atoms with Gasteiger partial charge < -0.3 is 4.74 Å². The number of ether oxygens (including phenoxy) is 1. The smallest absolute Gasteiger partial charge is 0.127 e. The Labute approximate surface area is 73.4 Å². The summed E-state index contributed by atoms with van der Waals surface area (Å²) in [6, 6.07) is 9.34. The van der Waals surface area contributed by atoms with Gasteiger partial charge in [-0.1, -0.05) is 19.1 Å². The third-order valence-corrected chi connectivity index (χ3v) is 2.03. The van der Waals surface area contributed by atoms with E-state index in [0.717, 1.165) is 12.2 Å². The van der Waals surface area contributed by atoms with Crippen LogP contribution < -0.4 is 4.74 Å². The summed E-state index contributed by atoms with van der Waals surface area (Å²) in [7, 11) is 0. The fourth-order valence-corrected chi connectivity index (χ4v) is 1.13. The van der Waals surface area contributed by atoms with Crippen LogP contribution in [-0.4, -0.2) is 6.10 Å². The standard InChI is InChI=1S/C11H13O/c1-2-9-4-3-5-11(8-9)12-10-6-7-10/h3-5,10H,2,6-7H2,1H3. The predicted molar refractivity (Wildman–Crippen MR) is 48.3 cm³/mol. The van der Waals surface area contributed by atoms with Crippen LogP contribution in [0.15, 0.2) is 18.2 Å². The molecule has 1 radical (unpaired) electrons. The number of hydrogen-bond donors (Lipinski definition) is 0. The Balaban J connectivity index is 2.08. The quantitative estimate of drug-likeness (QED) is 0.662. The van der Waals surface area contributed by atoms with E-state index < -0.39 is 0 Å². The molecule has 1 aliphatic rings. The summed E-state index contributed by atoms with van der Waals surface area (Å²) in [5.74, 6) is 0.914. The molecule has 0 amide bonds. The minimum Gasteiger partial charge on any atom is -0.490 e. The molecule has 0 heterocycles. The maximum absolute atomic E-state index is 5.61. The van der Waals surface area contributed by atoms with Crippen LogP contribution in [0.5, 0.6) is 5.75 Å². The molecule has 0 atom stereocenters. The van der Waals surface area contributed by atoms with Gasteiger partial charge in [0.05, 0.1) is 6.10 Å². The molecule has 0 spiro atoms. The van der Waals surface area contributed by atoms with Gasteiger partial charge in [-0.25, -0.2) is 0 Å². The van der Waals surface area contributed by atoms with E-state index in [0.29, 0.717) is 6.10 Å². The van der Waals surface area contributed by atoms with Crippen molar-refractivity contribution in [2.45, 2.75) is 32.3 Å². The van der Waals surface area contributed by atoms with Gasteiger partial charge in [-0.05, 0) is 30.9 Å². The second-order valence-electron chi connectivity index (χ2n) is 3.21. The minimum absolute atomic E-state index is 0.480. The van der Waals surface area contributed by atoms with Crippen molar-refractivity contribution in [1.29, 1.82) is 0 Å². The molecule has 1 aromatic rings. The molecule has 1 aliphatic carbocycles. The summed E-state index contributed by atoms with van der Waals surface area (Å²) in [5, 5.41) is 0. The highest BCUT2D eigenvalue weighted by molar-refractivity contribution is 5.27. The first-order valence-electron chi connectivity index (χ1n) is 4.56. The predicted octanol–water partition coefficient (Wildman–Crippen LogP) is 2.59. The lowest BCUT2D eigenvalue weighted by Crippen LogP contribution is -1.96. The van der Waals surface area contributed by atoms with E-state index in [4.69, 9.17) is 4.74 Å². The summed E-state index contributed by atoms with van der Waals surface area (Å²) < 4.78 is 5.61. The van der Waals surface area contributed by atoms with Crippen LogP contribution in [0.4, 0.5) is 0 Å². The van der Waals surface area contributed by atoms with Gasteiger partial charge in [0, 0.05) is 6.07 Å². The molecule has 1 heteroatoms. The first kappa shape index (κ1) is 7.66. The van der Waals surface area contributed by atoms with Crippen LogP contribution in [0.1, 0.15) is 25.3 Å². The number of rotatable bonds is 3. The van der Waals surface area contributed by atoms with Gasteiger partial charge in [0.15, 0.2) is 0 Å². The lowest BCUT2D eigenvalue weighted by atomic mass is 10.2. The molecule has 12 heavy (non-hydrogen) atoms. The van der Waals surface area contributed by atoms with Gasteiger partial charge in [-0.3, -0.25) is 0 Å². The molecule has 1 aromatic carbocycles. The summed E-state index contributed by atoms with van der Waals surface area (Å²) in [5.41, 5.74) is 1.23. The zero-order valence-electron chi connectivity index (χ0n) is 7.34. The lowest BCUT2D eigenvalue weighted by molar-refractivity contribution is 0.302. The van der Waals surface area contributed by atoms with Gasteiger partial charge in [-0.2, -0.15) is 0 Å². The molecular weight excluding hydrogens is 148 g/mol. The molecule has 1 saturated carbocycles. The highest BCUT2D eigenvalue weighted by Gasteiger charge is 2.23. The number of benzene rings is 1. The van der Waals surface area contributed by atoms with Crippen molar-refractivity contribution >= 4 is 0 Å². The van der Waals surface area contributed by atoms with Crippen LogP contribution in [0.3, 0.4) is 0 Å². The summed E-state index contributed by atoms with van der Waals surface area (Å²) in [4.78, 5) is 0. The Kier molecular flexibility index (Phi) is 2.03. The van der Waals surface area contributed by atoms with Crippen molar-refractivity contribution in [3.8, 4) is 5.75 Å². The third kappa shape index (κ3) is 1.79. The van der Waals surface area contributed by atoms with E-state index in [1.54, 1.807) is 0 Å². The normalized spacial score (nSPS) is 16.1. The van der Waals surface area contributed by atoms with E-state index in [-0.39, 0.29) is 0 Å². The summed E-state index contributed by atoms with van der Waals surface area (Å²) >= 11 is 0. The van der Waals surface area contributed by atoms with Crippen LogP contribution in [0, 0.1) is 6.07 Å². The fourth-order valence-electron chi connectivity index (χ4n) is 1.13. The van der Waals surface area contributed by atoms with Gasteiger partial charge in [0.2, 0.25) is 0 Å². The van der Waals surface area contributed by atoms with Crippen molar-refractivity contribution in [2.24, 2.45) is 0 Å². The topological polar surface area (TPSA) is 9.23 Å². The average molecular weight is 161 g/mol. The van der Waals surface area contributed by atoms with Crippen molar-refractivity contribution < 1.29 is 4.74 Å². The zero-order valence-corrected chi connectivity index (χ0v) is 7.34. The van der Waals surface area contributed by atoms with E-state index in [9.17, 15) is 0 Å². The first-order valence-corrected chi connectivity index (χ1v) is 4.56. The molecule has 1 nitrogen and oxygen atoms in total. The Bertz CT molecular complexity index is 263. The third-order valence-electron chi connectivity index (χ3n) is 2.03. The first-order chi connectivity index (χ1) is 5.88. The molecule has 0 saturated heterocycles. The maximum atomic E-state index is 5.61. The molecule has 63 valence electrons. The maximum Gasteiger partial charge on any atom is 0.127 e. The molecule has 0 bridgehead atoms. The second kappa shape index (κ2) is 3.18. The van der Waals surface area contributed by atoms with E-state index in [2.05, 4.69) is 19.1 Å². The SMILES string of the molecule is CCc1[c]c(OC2CC2)ccc1. The van der Waals surface area contributed by atoms with E-state index >= 15 is 0 Å². The second-order valence-corrected chi connectivity index (χ2v) is 3.21. The Morgan fingerprint density at radius 3 is 3.00 bits per heavy atom. The van der Waals surface area contributed by atoms with Crippen molar-refractivity contribution in [3.05, 3.63) is 29.8 Å². The molecule has 0 N–H and O–H groups in total. The van der Waals surface area contributed by atoms with Crippen LogP contribution in [0.25, 0.3) is 0 Å². The van der Waals surface area contributed by atoms with Crippen LogP contribution in [0.2, 0.25) is 0 Å². The van der Waals surface area contributed by atoms with E-state index in [1.807, 2.05) is 12.1 Å².